The Hall–Kier alpha value is -0.240. The molecule has 0 saturated carbocycles. The molecule has 0 amide bonds. The van der Waals surface area contributed by atoms with Gasteiger partial charge in [-0.15, -0.1) is 0 Å². The number of rotatable bonds is 1. The number of ether oxygens (including phenoxy) is 1. The van der Waals surface area contributed by atoms with Crippen LogP contribution in [0.25, 0.3) is 0 Å². The minimum Gasteiger partial charge on any atom is -0.379 e. The van der Waals surface area contributed by atoms with Crippen LogP contribution in [0, 0.1) is 0 Å². The molecule has 0 aromatic carbocycles. The fourth-order valence-corrected chi connectivity index (χ4v) is 0.848. The molecule has 0 radical (unpaired) electrons. The van der Waals surface area contributed by atoms with E-state index in [1.165, 1.54) is 0 Å². The molecule has 1 atom stereocenters. The summed E-state index contributed by atoms with van der Waals surface area (Å²) in [5.41, 5.74) is 0. The molecule has 0 aromatic heterocycles. The Labute approximate surface area is 53.6 Å². The van der Waals surface area contributed by atoms with Gasteiger partial charge in [0.05, 0.1) is 17.8 Å². The van der Waals surface area contributed by atoms with Gasteiger partial charge in [-0.1, -0.05) is 0 Å². The molecule has 0 unspecified atom stereocenters. The van der Waals surface area contributed by atoms with Crippen LogP contribution in [0.1, 0.15) is 6.42 Å². The van der Waals surface area contributed by atoms with Gasteiger partial charge < -0.3 is 4.74 Å². The van der Waals surface area contributed by atoms with Crippen molar-refractivity contribution in [3.8, 4) is 0 Å². The summed E-state index contributed by atoms with van der Waals surface area (Å²) in [5, 5.41) is 2.34. The topological polar surface area (TPSA) is 21.6 Å². The molecule has 0 aliphatic carbocycles. The Bertz CT molecular complexity index is 114. The zero-order valence-electron chi connectivity index (χ0n) is 4.46. The summed E-state index contributed by atoms with van der Waals surface area (Å²) in [4.78, 5) is 3.86. The summed E-state index contributed by atoms with van der Waals surface area (Å²) in [6, 6.07) is 0.299. The third kappa shape index (κ3) is 1.37. The zero-order chi connectivity index (χ0) is 5.82. The molecule has 0 N–H and O–H groups in total. The van der Waals surface area contributed by atoms with Gasteiger partial charge in [-0.25, -0.2) is 4.99 Å². The maximum atomic E-state index is 5.03. The molecule has 0 spiro atoms. The molecular weight excluding hydrogens is 122 g/mol. The van der Waals surface area contributed by atoms with E-state index in [4.69, 9.17) is 4.74 Å². The molecule has 2 nitrogen and oxygen atoms in total. The van der Waals surface area contributed by atoms with Gasteiger partial charge >= 0.3 is 0 Å². The van der Waals surface area contributed by atoms with E-state index in [2.05, 4.69) is 22.4 Å². The summed E-state index contributed by atoms with van der Waals surface area (Å²) in [6.45, 7) is 1.55. The lowest BCUT2D eigenvalue weighted by atomic mass is 10.3. The predicted octanol–water partition coefficient (Wildman–Crippen LogP) is 0.878. The van der Waals surface area contributed by atoms with Crippen molar-refractivity contribution >= 4 is 17.4 Å². The molecule has 1 fully saturated rings. The van der Waals surface area contributed by atoms with Crippen LogP contribution in [-0.2, 0) is 4.74 Å². The van der Waals surface area contributed by atoms with Crippen molar-refractivity contribution in [2.75, 3.05) is 13.2 Å². The molecule has 0 bridgehead atoms. The number of aliphatic imine (C=N–C) groups is 1. The van der Waals surface area contributed by atoms with Crippen molar-refractivity contribution in [3.05, 3.63) is 0 Å². The van der Waals surface area contributed by atoms with Crippen molar-refractivity contribution in [2.45, 2.75) is 12.5 Å². The van der Waals surface area contributed by atoms with Crippen LogP contribution in [0.2, 0.25) is 0 Å². The first kappa shape index (κ1) is 5.89. The standard InChI is InChI=1S/C5H7NOS/c8-4-6-5-1-2-7-3-5/h5H,1-3H2/t5-/m0/s1. The van der Waals surface area contributed by atoms with Crippen LogP contribution in [-0.4, -0.2) is 24.4 Å². The summed E-state index contributed by atoms with van der Waals surface area (Å²) < 4.78 is 5.03. The largest absolute Gasteiger partial charge is 0.379 e. The van der Waals surface area contributed by atoms with E-state index in [1.807, 2.05) is 0 Å². The normalized spacial score (nSPS) is 27.2. The lowest BCUT2D eigenvalue weighted by Crippen LogP contribution is -2.00. The lowest BCUT2D eigenvalue weighted by Gasteiger charge is -1.91. The van der Waals surface area contributed by atoms with Gasteiger partial charge in [-0.2, -0.15) is 0 Å². The molecule has 0 aromatic rings. The third-order valence-corrected chi connectivity index (χ3v) is 1.25. The lowest BCUT2D eigenvalue weighted by molar-refractivity contribution is 0.194. The number of nitrogens with zero attached hydrogens (tertiary/aromatic N) is 1. The fourth-order valence-electron chi connectivity index (χ4n) is 0.698. The highest BCUT2D eigenvalue weighted by molar-refractivity contribution is 7.78. The smallest absolute Gasteiger partial charge is 0.0857 e. The van der Waals surface area contributed by atoms with E-state index < -0.39 is 0 Å². The molecule has 44 valence electrons. The Kier molecular flexibility index (Phi) is 2.15. The molecule has 1 aliphatic heterocycles. The minimum atomic E-state index is 0.299. The highest BCUT2D eigenvalue weighted by Gasteiger charge is 2.12. The van der Waals surface area contributed by atoms with Crippen molar-refractivity contribution in [1.29, 1.82) is 0 Å². The second kappa shape index (κ2) is 2.92. The molecule has 1 aliphatic rings. The van der Waals surface area contributed by atoms with Gasteiger partial charge in [0.15, 0.2) is 0 Å². The molecule has 3 heteroatoms. The zero-order valence-corrected chi connectivity index (χ0v) is 5.28. The first-order valence-corrected chi connectivity index (χ1v) is 2.99. The third-order valence-electron chi connectivity index (χ3n) is 1.14. The summed E-state index contributed by atoms with van der Waals surface area (Å²) in [6.07, 6.45) is 1.00. The highest BCUT2D eigenvalue weighted by atomic mass is 32.1. The van der Waals surface area contributed by atoms with E-state index in [1.54, 1.807) is 0 Å². The van der Waals surface area contributed by atoms with Crippen molar-refractivity contribution in [3.63, 3.8) is 0 Å². The second-order valence-corrected chi connectivity index (χ2v) is 1.92. The van der Waals surface area contributed by atoms with Crippen LogP contribution in [0.15, 0.2) is 4.99 Å². The predicted molar refractivity (Wildman–Crippen MR) is 34.2 cm³/mol. The maximum absolute atomic E-state index is 5.03. The monoisotopic (exact) mass is 129 g/mol. The van der Waals surface area contributed by atoms with Gasteiger partial charge in [-0.3, -0.25) is 0 Å². The average Bonchev–Trinajstić information content (AvgIpc) is 2.19. The van der Waals surface area contributed by atoms with Crippen LogP contribution in [0.5, 0.6) is 0 Å². The first-order valence-electron chi connectivity index (χ1n) is 2.58. The van der Waals surface area contributed by atoms with Gasteiger partial charge in [0, 0.05) is 6.61 Å². The molecule has 8 heavy (non-hydrogen) atoms. The van der Waals surface area contributed by atoms with E-state index >= 15 is 0 Å². The number of isothiocyanates is 1. The minimum absolute atomic E-state index is 0.299. The van der Waals surface area contributed by atoms with Crippen LogP contribution < -0.4 is 0 Å². The molecule has 1 saturated heterocycles. The van der Waals surface area contributed by atoms with Gasteiger partial charge in [0.25, 0.3) is 0 Å². The highest BCUT2D eigenvalue weighted by Crippen LogP contribution is 2.05. The maximum Gasteiger partial charge on any atom is 0.0857 e. The Morgan fingerprint density at radius 2 is 2.62 bits per heavy atom. The SMILES string of the molecule is S=C=N[C@H]1CCOC1. The number of thiocarbonyl (C=S) groups is 1. The van der Waals surface area contributed by atoms with Crippen molar-refractivity contribution in [2.24, 2.45) is 4.99 Å². The van der Waals surface area contributed by atoms with E-state index in [-0.39, 0.29) is 0 Å². The molecular formula is C5H7NOS. The van der Waals surface area contributed by atoms with Gasteiger partial charge in [-0.05, 0) is 18.6 Å². The van der Waals surface area contributed by atoms with Gasteiger partial charge in [0.1, 0.15) is 0 Å². The van der Waals surface area contributed by atoms with E-state index in [0.717, 1.165) is 19.6 Å². The molecule has 1 rings (SSSR count). The Balaban J connectivity index is 2.35. The Morgan fingerprint density at radius 1 is 1.75 bits per heavy atom. The van der Waals surface area contributed by atoms with Crippen molar-refractivity contribution in [1.82, 2.24) is 0 Å². The summed E-state index contributed by atoms with van der Waals surface area (Å²) >= 11 is 4.42. The average molecular weight is 129 g/mol. The van der Waals surface area contributed by atoms with E-state index in [9.17, 15) is 0 Å². The quantitative estimate of drug-likeness (QED) is 0.387. The molecule has 1 heterocycles. The Morgan fingerprint density at radius 3 is 3.12 bits per heavy atom. The van der Waals surface area contributed by atoms with Crippen LogP contribution >= 0.6 is 12.2 Å². The van der Waals surface area contributed by atoms with Crippen molar-refractivity contribution < 1.29 is 4.74 Å². The second-order valence-electron chi connectivity index (χ2n) is 1.74. The summed E-state index contributed by atoms with van der Waals surface area (Å²) in [7, 11) is 0. The van der Waals surface area contributed by atoms with Crippen LogP contribution in [0.3, 0.4) is 0 Å². The number of hydrogen-bond acceptors (Lipinski definition) is 3. The van der Waals surface area contributed by atoms with E-state index in [0.29, 0.717) is 6.04 Å². The first-order chi connectivity index (χ1) is 3.93. The summed E-state index contributed by atoms with van der Waals surface area (Å²) in [5.74, 6) is 0. The van der Waals surface area contributed by atoms with Crippen LogP contribution in [0.4, 0.5) is 0 Å². The van der Waals surface area contributed by atoms with Gasteiger partial charge in [0.2, 0.25) is 0 Å². The number of hydrogen-bond donors (Lipinski definition) is 0. The fraction of sp³-hybridized carbons (Fsp3) is 0.800.